The minimum Gasteiger partial charge on any atom is -0.504 e. The van der Waals surface area contributed by atoms with Gasteiger partial charge in [0.05, 0.1) is 5.39 Å². The standard InChI is InChI=1S/C30H32N2O5/c33-25-9-5-8-24-26(34)18-27(37-29(24)25)30(36)31-16-15-20-11-13-21(14-12-20)23-7-2-1-6-22(23)19-32-17-4-3-10-28(32)35/h1-2,5-9,15,18,21,33H,3-4,10-14,16-17,19H2,(H,31,36). The quantitative estimate of drug-likeness (QED) is 0.463. The summed E-state index contributed by atoms with van der Waals surface area (Å²) in [5, 5.41) is 13.0. The summed E-state index contributed by atoms with van der Waals surface area (Å²) in [7, 11) is 0. The molecule has 2 aromatic carbocycles. The summed E-state index contributed by atoms with van der Waals surface area (Å²) < 4.78 is 5.51. The Hall–Kier alpha value is -3.87. The van der Waals surface area contributed by atoms with E-state index in [0.717, 1.165) is 51.1 Å². The van der Waals surface area contributed by atoms with Crippen LogP contribution >= 0.6 is 0 Å². The van der Waals surface area contributed by atoms with Gasteiger partial charge in [-0.15, -0.1) is 0 Å². The third-order valence-corrected chi connectivity index (χ3v) is 7.52. The Bertz CT molecular complexity index is 1400. The number of hydrogen-bond acceptors (Lipinski definition) is 5. The number of likely N-dealkylation sites (tertiary alicyclic amines) is 1. The molecule has 2 amide bonds. The zero-order chi connectivity index (χ0) is 25.8. The normalized spacial score (nSPS) is 18.2. The Morgan fingerprint density at radius 2 is 1.86 bits per heavy atom. The highest BCUT2D eigenvalue weighted by Gasteiger charge is 2.23. The van der Waals surface area contributed by atoms with Crippen molar-refractivity contribution in [3.8, 4) is 5.75 Å². The van der Waals surface area contributed by atoms with E-state index in [4.69, 9.17) is 4.42 Å². The summed E-state index contributed by atoms with van der Waals surface area (Å²) >= 11 is 0. The number of rotatable bonds is 6. The van der Waals surface area contributed by atoms with Crippen LogP contribution in [0.3, 0.4) is 0 Å². The van der Waals surface area contributed by atoms with Gasteiger partial charge in [-0.05, 0) is 67.7 Å². The van der Waals surface area contributed by atoms with E-state index in [9.17, 15) is 19.5 Å². The summed E-state index contributed by atoms with van der Waals surface area (Å²) in [6.45, 7) is 1.89. The molecule has 7 heteroatoms. The van der Waals surface area contributed by atoms with E-state index in [2.05, 4.69) is 29.6 Å². The average Bonchev–Trinajstić information content (AvgIpc) is 2.91. The lowest BCUT2D eigenvalue weighted by atomic mass is 9.79. The SMILES string of the molecule is O=C(NCC=C1CCC(c2ccccc2CN2CCCCC2=O)CC1)c1cc(=O)c2cccc(O)c2o1. The number of hydrogen-bond donors (Lipinski definition) is 2. The van der Waals surface area contributed by atoms with E-state index < -0.39 is 5.91 Å². The molecule has 2 N–H and O–H groups in total. The fraction of sp³-hybridized carbons (Fsp3) is 0.367. The number of piperidine rings is 1. The Morgan fingerprint density at radius 1 is 1.05 bits per heavy atom. The van der Waals surface area contributed by atoms with Crippen LogP contribution in [0, 0.1) is 0 Å². The van der Waals surface area contributed by atoms with Crippen molar-refractivity contribution < 1.29 is 19.1 Å². The Labute approximate surface area is 215 Å². The van der Waals surface area contributed by atoms with Gasteiger partial charge < -0.3 is 19.7 Å². The van der Waals surface area contributed by atoms with E-state index in [1.807, 2.05) is 11.0 Å². The number of nitrogens with zero attached hydrogens (tertiary/aromatic N) is 1. The minimum atomic E-state index is -0.492. The summed E-state index contributed by atoms with van der Waals surface area (Å²) in [6, 6.07) is 14.2. The van der Waals surface area contributed by atoms with Crippen molar-refractivity contribution in [1.82, 2.24) is 10.2 Å². The Kier molecular flexibility index (Phi) is 7.40. The van der Waals surface area contributed by atoms with E-state index in [-0.39, 0.29) is 33.8 Å². The Balaban J connectivity index is 1.18. The van der Waals surface area contributed by atoms with Crippen LogP contribution in [-0.4, -0.2) is 34.9 Å². The van der Waals surface area contributed by atoms with Crippen LogP contribution in [0.1, 0.15) is 72.5 Å². The molecule has 1 aliphatic heterocycles. The topological polar surface area (TPSA) is 99.9 Å². The largest absolute Gasteiger partial charge is 0.504 e. The number of fused-ring (bicyclic) bond motifs is 1. The van der Waals surface area contributed by atoms with E-state index >= 15 is 0 Å². The number of benzene rings is 2. The van der Waals surface area contributed by atoms with Crippen LogP contribution in [0.15, 0.2) is 69.4 Å². The van der Waals surface area contributed by atoms with E-state index in [1.54, 1.807) is 12.1 Å². The molecule has 37 heavy (non-hydrogen) atoms. The van der Waals surface area contributed by atoms with Gasteiger partial charge in [-0.25, -0.2) is 0 Å². The lowest BCUT2D eigenvalue weighted by molar-refractivity contribution is -0.133. The molecule has 1 aliphatic carbocycles. The lowest BCUT2D eigenvalue weighted by Crippen LogP contribution is -2.35. The van der Waals surface area contributed by atoms with Crippen molar-refractivity contribution in [1.29, 1.82) is 0 Å². The molecule has 1 aromatic heterocycles. The van der Waals surface area contributed by atoms with Crippen molar-refractivity contribution in [2.75, 3.05) is 13.1 Å². The highest BCUT2D eigenvalue weighted by Crippen LogP contribution is 2.37. The number of phenolic OH excluding ortho intramolecular Hbond substituents is 1. The third kappa shape index (κ3) is 5.61. The van der Waals surface area contributed by atoms with Gasteiger partial charge in [0.15, 0.2) is 22.5 Å². The highest BCUT2D eigenvalue weighted by molar-refractivity contribution is 5.94. The van der Waals surface area contributed by atoms with Crippen LogP contribution in [0.4, 0.5) is 0 Å². The molecule has 7 nitrogen and oxygen atoms in total. The second kappa shape index (κ2) is 11.0. The second-order valence-corrected chi connectivity index (χ2v) is 9.95. The molecule has 3 aromatic rings. The first-order chi connectivity index (χ1) is 18.0. The van der Waals surface area contributed by atoms with Gasteiger partial charge in [0.2, 0.25) is 5.91 Å². The fourth-order valence-corrected chi connectivity index (χ4v) is 5.46. The number of allylic oxidation sites excluding steroid dienone is 1. The molecular weight excluding hydrogens is 468 g/mol. The molecule has 2 aliphatic rings. The Morgan fingerprint density at radius 3 is 2.68 bits per heavy atom. The van der Waals surface area contributed by atoms with Crippen LogP contribution in [0.25, 0.3) is 11.0 Å². The predicted molar refractivity (Wildman–Crippen MR) is 141 cm³/mol. The van der Waals surface area contributed by atoms with Crippen LogP contribution < -0.4 is 10.7 Å². The molecule has 0 radical (unpaired) electrons. The van der Waals surface area contributed by atoms with E-state index in [1.165, 1.54) is 22.8 Å². The third-order valence-electron chi connectivity index (χ3n) is 7.52. The number of phenols is 1. The van der Waals surface area contributed by atoms with Crippen molar-refractivity contribution in [3.63, 3.8) is 0 Å². The van der Waals surface area contributed by atoms with Crippen molar-refractivity contribution >= 4 is 22.8 Å². The van der Waals surface area contributed by atoms with Gasteiger partial charge in [0, 0.05) is 32.1 Å². The molecule has 2 heterocycles. The molecule has 0 bridgehead atoms. The molecular formula is C30H32N2O5. The fourth-order valence-electron chi connectivity index (χ4n) is 5.46. The molecule has 1 saturated carbocycles. The van der Waals surface area contributed by atoms with Gasteiger partial charge in [-0.2, -0.15) is 0 Å². The number of aromatic hydroxyl groups is 1. The number of para-hydroxylation sites is 1. The maximum absolute atomic E-state index is 12.6. The number of amides is 2. The highest BCUT2D eigenvalue weighted by atomic mass is 16.4. The molecule has 0 spiro atoms. The van der Waals surface area contributed by atoms with Crippen LogP contribution in [0.2, 0.25) is 0 Å². The number of carbonyl (C=O) groups excluding carboxylic acids is 2. The van der Waals surface area contributed by atoms with Gasteiger partial charge in [-0.1, -0.05) is 42.0 Å². The first kappa shape index (κ1) is 24.8. The first-order valence-electron chi connectivity index (χ1n) is 13.1. The van der Waals surface area contributed by atoms with Gasteiger partial charge in [0.25, 0.3) is 5.91 Å². The average molecular weight is 501 g/mol. The number of nitrogens with one attached hydrogen (secondary N) is 1. The lowest BCUT2D eigenvalue weighted by Gasteiger charge is -2.30. The monoisotopic (exact) mass is 500 g/mol. The number of carbonyl (C=O) groups is 2. The maximum Gasteiger partial charge on any atom is 0.287 e. The van der Waals surface area contributed by atoms with Crippen LogP contribution in [-0.2, 0) is 11.3 Å². The molecule has 2 fully saturated rings. The van der Waals surface area contributed by atoms with Gasteiger partial charge in [-0.3, -0.25) is 14.4 Å². The van der Waals surface area contributed by atoms with Crippen molar-refractivity contribution in [2.45, 2.75) is 57.4 Å². The summed E-state index contributed by atoms with van der Waals surface area (Å²) in [6.07, 6.45) is 8.75. The van der Waals surface area contributed by atoms with Crippen LogP contribution in [0.5, 0.6) is 5.75 Å². The maximum atomic E-state index is 12.6. The van der Waals surface area contributed by atoms with Gasteiger partial charge >= 0.3 is 0 Å². The zero-order valence-corrected chi connectivity index (χ0v) is 20.9. The second-order valence-electron chi connectivity index (χ2n) is 9.95. The summed E-state index contributed by atoms with van der Waals surface area (Å²) in [4.78, 5) is 39.2. The molecule has 192 valence electrons. The van der Waals surface area contributed by atoms with Crippen molar-refractivity contribution in [2.24, 2.45) is 0 Å². The molecule has 1 saturated heterocycles. The summed E-state index contributed by atoms with van der Waals surface area (Å²) in [5.74, 6) is -0.0646. The molecule has 0 atom stereocenters. The zero-order valence-electron chi connectivity index (χ0n) is 20.9. The first-order valence-corrected chi connectivity index (χ1v) is 13.1. The predicted octanol–water partition coefficient (Wildman–Crippen LogP) is 5.03. The minimum absolute atomic E-state index is 0.0155. The smallest absolute Gasteiger partial charge is 0.287 e. The van der Waals surface area contributed by atoms with Crippen molar-refractivity contribution in [3.05, 3.63) is 87.3 Å². The summed E-state index contributed by atoms with van der Waals surface area (Å²) in [5.41, 5.74) is 3.55. The van der Waals surface area contributed by atoms with E-state index in [0.29, 0.717) is 25.4 Å². The van der Waals surface area contributed by atoms with Gasteiger partial charge in [0.1, 0.15) is 0 Å². The molecule has 0 unspecified atom stereocenters. The molecule has 5 rings (SSSR count).